The predicted octanol–water partition coefficient (Wildman–Crippen LogP) is 6.75. The van der Waals surface area contributed by atoms with Crippen molar-refractivity contribution in [2.45, 2.75) is 109 Å². The van der Waals surface area contributed by atoms with Crippen LogP contribution < -0.4 is 0 Å². The molecule has 134 valence electrons. The van der Waals surface area contributed by atoms with E-state index in [1.54, 1.807) is 0 Å². The lowest BCUT2D eigenvalue weighted by molar-refractivity contribution is -0.182. The number of hydrogen-bond donors (Lipinski definition) is 0. The summed E-state index contributed by atoms with van der Waals surface area (Å²) >= 11 is 0. The van der Waals surface area contributed by atoms with E-state index in [-0.39, 0.29) is 5.60 Å². The smallest absolute Gasteiger partial charge is 0.0766 e. The molecule has 3 aliphatic rings. The second-order valence-corrected chi connectivity index (χ2v) is 8.91. The van der Waals surface area contributed by atoms with Crippen LogP contribution in [0.15, 0.2) is 0 Å². The number of hydrogen-bond acceptors (Lipinski definition) is 1. The van der Waals surface area contributed by atoms with Crippen molar-refractivity contribution in [2.75, 3.05) is 6.61 Å². The van der Waals surface area contributed by atoms with E-state index in [0.29, 0.717) is 0 Å². The summed E-state index contributed by atoms with van der Waals surface area (Å²) in [6, 6.07) is 0. The highest BCUT2D eigenvalue weighted by molar-refractivity contribution is 5.02. The van der Waals surface area contributed by atoms with Gasteiger partial charge in [-0.3, -0.25) is 0 Å². The monoisotopic (exact) mass is 320 g/mol. The van der Waals surface area contributed by atoms with E-state index in [0.717, 1.165) is 30.3 Å². The second-order valence-electron chi connectivity index (χ2n) is 8.91. The minimum atomic E-state index is 0.246. The van der Waals surface area contributed by atoms with Crippen LogP contribution >= 0.6 is 0 Å². The minimum Gasteiger partial charge on any atom is -0.374 e. The maximum Gasteiger partial charge on any atom is 0.0766 e. The van der Waals surface area contributed by atoms with Crippen molar-refractivity contribution in [1.29, 1.82) is 0 Å². The van der Waals surface area contributed by atoms with Gasteiger partial charge in [-0.15, -0.1) is 0 Å². The molecule has 0 saturated heterocycles. The lowest BCUT2D eigenvalue weighted by Crippen LogP contribution is -2.55. The summed E-state index contributed by atoms with van der Waals surface area (Å²) in [5, 5.41) is 0. The molecule has 0 aliphatic heterocycles. The Morgan fingerprint density at radius 2 is 1.09 bits per heavy atom. The molecule has 3 saturated carbocycles. The number of ether oxygens (including phenoxy) is 1. The lowest BCUT2D eigenvalue weighted by atomic mass is 9.58. The molecule has 0 N–H and O–H groups in total. The molecule has 1 nitrogen and oxygen atoms in total. The summed E-state index contributed by atoms with van der Waals surface area (Å²) in [4.78, 5) is 0. The Labute approximate surface area is 144 Å². The van der Waals surface area contributed by atoms with Gasteiger partial charge in [0.15, 0.2) is 0 Å². The third-order valence-electron chi connectivity index (χ3n) is 7.53. The van der Waals surface area contributed by atoms with Crippen LogP contribution in [0.3, 0.4) is 0 Å². The highest BCUT2D eigenvalue weighted by atomic mass is 16.5. The molecule has 23 heavy (non-hydrogen) atoms. The molecule has 0 aromatic heterocycles. The third-order valence-corrected chi connectivity index (χ3v) is 7.53. The van der Waals surface area contributed by atoms with Gasteiger partial charge in [-0.2, -0.15) is 0 Å². The van der Waals surface area contributed by atoms with Gasteiger partial charge < -0.3 is 4.74 Å². The SMILES string of the molecule is CCOC(C1CCCCC1)(C1CCCCC1)C1CCC(C)CC1. The fourth-order valence-corrected chi connectivity index (χ4v) is 6.42. The summed E-state index contributed by atoms with van der Waals surface area (Å²) in [6.45, 7) is 5.64. The first kappa shape index (κ1) is 17.8. The van der Waals surface area contributed by atoms with Crippen LogP contribution in [0.4, 0.5) is 0 Å². The molecular formula is C22H40O. The molecule has 1 heteroatoms. The summed E-state index contributed by atoms with van der Waals surface area (Å²) < 4.78 is 6.88. The topological polar surface area (TPSA) is 9.23 Å². The van der Waals surface area contributed by atoms with E-state index in [1.165, 1.54) is 89.9 Å². The average molecular weight is 321 g/mol. The van der Waals surface area contributed by atoms with Gasteiger partial charge in [0.05, 0.1) is 5.60 Å². The molecule has 0 heterocycles. The zero-order chi connectivity index (χ0) is 16.1. The first-order valence-corrected chi connectivity index (χ1v) is 10.9. The molecule has 0 bridgehead atoms. The maximum atomic E-state index is 6.88. The van der Waals surface area contributed by atoms with Crippen molar-refractivity contribution in [3.8, 4) is 0 Å². The highest BCUT2D eigenvalue weighted by Crippen LogP contribution is 2.53. The Bertz CT molecular complexity index is 312. The maximum absolute atomic E-state index is 6.88. The van der Waals surface area contributed by atoms with E-state index in [1.807, 2.05) is 0 Å². The molecule has 0 aromatic rings. The van der Waals surface area contributed by atoms with Gasteiger partial charge >= 0.3 is 0 Å². The zero-order valence-electron chi connectivity index (χ0n) is 15.8. The average Bonchev–Trinajstić information content (AvgIpc) is 2.62. The van der Waals surface area contributed by atoms with Crippen molar-refractivity contribution < 1.29 is 4.74 Å². The highest BCUT2D eigenvalue weighted by Gasteiger charge is 2.51. The standard InChI is InChI=1S/C22H40O/c1-3-23-22(19-10-6-4-7-11-19,20-12-8-5-9-13-20)21-16-14-18(2)15-17-21/h18-21H,3-17H2,1-2H3. The zero-order valence-corrected chi connectivity index (χ0v) is 15.8. The largest absolute Gasteiger partial charge is 0.374 e. The minimum absolute atomic E-state index is 0.246. The van der Waals surface area contributed by atoms with Crippen LogP contribution in [-0.4, -0.2) is 12.2 Å². The van der Waals surface area contributed by atoms with Crippen molar-refractivity contribution in [3.05, 3.63) is 0 Å². The van der Waals surface area contributed by atoms with Crippen LogP contribution in [0.5, 0.6) is 0 Å². The van der Waals surface area contributed by atoms with Gasteiger partial charge in [-0.1, -0.05) is 58.3 Å². The Morgan fingerprint density at radius 3 is 1.52 bits per heavy atom. The van der Waals surface area contributed by atoms with Gasteiger partial charge in [-0.25, -0.2) is 0 Å². The first-order chi connectivity index (χ1) is 11.3. The van der Waals surface area contributed by atoms with E-state index in [9.17, 15) is 0 Å². The fraction of sp³-hybridized carbons (Fsp3) is 1.00. The Kier molecular flexibility index (Phi) is 6.46. The van der Waals surface area contributed by atoms with Gasteiger partial charge in [0.1, 0.15) is 0 Å². The van der Waals surface area contributed by atoms with Crippen molar-refractivity contribution in [1.82, 2.24) is 0 Å². The molecule has 3 aliphatic carbocycles. The molecule has 0 unspecified atom stereocenters. The van der Waals surface area contributed by atoms with Crippen LogP contribution in [0.25, 0.3) is 0 Å². The summed E-state index contributed by atoms with van der Waals surface area (Å²) in [5.41, 5.74) is 0.246. The van der Waals surface area contributed by atoms with E-state index in [2.05, 4.69) is 13.8 Å². The van der Waals surface area contributed by atoms with Gasteiger partial charge in [-0.05, 0) is 69.1 Å². The first-order valence-electron chi connectivity index (χ1n) is 10.9. The van der Waals surface area contributed by atoms with Gasteiger partial charge in [0.25, 0.3) is 0 Å². The Hall–Kier alpha value is -0.0400. The third kappa shape index (κ3) is 3.80. The predicted molar refractivity (Wildman–Crippen MR) is 98.6 cm³/mol. The Morgan fingerprint density at radius 1 is 0.652 bits per heavy atom. The molecule has 0 radical (unpaired) electrons. The van der Waals surface area contributed by atoms with Crippen LogP contribution in [0.1, 0.15) is 104 Å². The Balaban J connectivity index is 1.87. The van der Waals surface area contributed by atoms with Crippen LogP contribution in [0.2, 0.25) is 0 Å². The van der Waals surface area contributed by atoms with E-state index in [4.69, 9.17) is 4.74 Å². The van der Waals surface area contributed by atoms with E-state index < -0.39 is 0 Å². The molecular weight excluding hydrogens is 280 g/mol. The molecule has 3 fully saturated rings. The van der Waals surface area contributed by atoms with Crippen molar-refractivity contribution in [2.24, 2.45) is 23.7 Å². The fourth-order valence-electron chi connectivity index (χ4n) is 6.42. The molecule has 0 atom stereocenters. The molecule has 0 amide bonds. The van der Waals surface area contributed by atoms with Gasteiger partial charge in [0.2, 0.25) is 0 Å². The van der Waals surface area contributed by atoms with Crippen LogP contribution in [0, 0.1) is 23.7 Å². The van der Waals surface area contributed by atoms with E-state index >= 15 is 0 Å². The molecule has 3 rings (SSSR count). The van der Waals surface area contributed by atoms with Crippen molar-refractivity contribution in [3.63, 3.8) is 0 Å². The molecule has 0 spiro atoms. The van der Waals surface area contributed by atoms with Crippen LogP contribution in [-0.2, 0) is 4.74 Å². The quantitative estimate of drug-likeness (QED) is 0.544. The summed E-state index contributed by atoms with van der Waals surface area (Å²) in [6.07, 6.45) is 20.3. The summed E-state index contributed by atoms with van der Waals surface area (Å²) in [5.74, 6) is 3.52. The molecule has 0 aromatic carbocycles. The van der Waals surface area contributed by atoms with Gasteiger partial charge in [0, 0.05) is 6.61 Å². The lowest BCUT2D eigenvalue weighted by Gasteiger charge is -2.54. The normalized spacial score (nSPS) is 32.1. The summed E-state index contributed by atoms with van der Waals surface area (Å²) in [7, 11) is 0. The van der Waals surface area contributed by atoms with Crippen molar-refractivity contribution >= 4 is 0 Å². The number of rotatable bonds is 5. The second kappa shape index (κ2) is 8.37.